The molecule has 0 atom stereocenters. The summed E-state index contributed by atoms with van der Waals surface area (Å²) in [5.41, 5.74) is 4.56. The highest BCUT2D eigenvalue weighted by Gasteiger charge is 2.23. The number of hydrogen-bond acceptors (Lipinski definition) is 6. The van der Waals surface area contributed by atoms with Crippen molar-refractivity contribution in [1.82, 2.24) is 0 Å². The van der Waals surface area contributed by atoms with E-state index in [1.807, 2.05) is 26.0 Å². The monoisotopic (exact) mass is 506 g/mol. The molecular weight excluding hydrogens is 480 g/mol. The van der Waals surface area contributed by atoms with E-state index in [0.717, 1.165) is 11.1 Å². The van der Waals surface area contributed by atoms with Crippen LogP contribution in [0.25, 0.3) is 0 Å². The van der Waals surface area contributed by atoms with Crippen molar-refractivity contribution in [3.8, 4) is 0 Å². The molecule has 4 rings (SSSR count). The maximum atomic E-state index is 13.0. The van der Waals surface area contributed by atoms with Gasteiger partial charge in [-0.15, -0.1) is 0 Å². The fourth-order valence-electron chi connectivity index (χ4n) is 4.25. The molecule has 0 unspecified atom stereocenters. The van der Waals surface area contributed by atoms with E-state index in [-0.39, 0.29) is 22.7 Å². The Morgan fingerprint density at radius 3 is 1.18 bits per heavy atom. The van der Waals surface area contributed by atoms with Gasteiger partial charge in [0.1, 0.15) is 0 Å². The van der Waals surface area contributed by atoms with Gasteiger partial charge in [0.05, 0.1) is 11.1 Å². The molecule has 4 aromatic rings. The van der Waals surface area contributed by atoms with Crippen LogP contribution in [0.15, 0.2) is 84.9 Å². The molecule has 6 heteroatoms. The first-order valence-corrected chi connectivity index (χ1v) is 12.0. The largest absolute Gasteiger partial charge is 0.386 e. The Hall–Kier alpha value is -4.84. The van der Waals surface area contributed by atoms with E-state index in [4.69, 9.17) is 9.78 Å². The third kappa shape index (κ3) is 5.44. The zero-order chi connectivity index (χ0) is 27.4. The van der Waals surface area contributed by atoms with Crippen molar-refractivity contribution in [2.75, 3.05) is 0 Å². The second kappa shape index (κ2) is 11.0. The van der Waals surface area contributed by atoms with Gasteiger partial charge in [-0.05, 0) is 63.1 Å². The lowest BCUT2D eigenvalue weighted by Gasteiger charge is -2.12. The minimum Gasteiger partial charge on any atom is -0.289 e. The minimum absolute atomic E-state index is 0.0939. The number of ketones is 2. The standard InChI is InChI=1S/C32H26O6/c1-19-9-5-11-23(17-19)29(33)25-13-7-15-27(21(25)3)31(35)37-38-32(36)28-16-8-14-26(22(28)4)30(34)24-12-6-10-20(2)18-24/h5-18H,1-4H3. The maximum Gasteiger partial charge on any atom is 0.386 e. The summed E-state index contributed by atoms with van der Waals surface area (Å²) < 4.78 is 0. The second-order valence-electron chi connectivity index (χ2n) is 9.10. The van der Waals surface area contributed by atoms with Gasteiger partial charge in [0.15, 0.2) is 11.6 Å². The average molecular weight is 507 g/mol. The second-order valence-corrected chi connectivity index (χ2v) is 9.10. The molecule has 0 fully saturated rings. The van der Waals surface area contributed by atoms with Gasteiger partial charge in [-0.3, -0.25) is 9.59 Å². The van der Waals surface area contributed by atoms with E-state index in [9.17, 15) is 19.2 Å². The topological polar surface area (TPSA) is 86.7 Å². The van der Waals surface area contributed by atoms with Gasteiger partial charge in [0.25, 0.3) is 0 Å². The third-order valence-corrected chi connectivity index (χ3v) is 6.35. The van der Waals surface area contributed by atoms with E-state index in [0.29, 0.717) is 33.4 Å². The fourth-order valence-corrected chi connectivity index (χ4v) is 4.25. The Morgan fingerprint density at radius 2 is 0.816 bits per heavy atom. The van der Waals surface area contributed by atoms with Crippen LogP contribution in [0.4, 0.5) is 0 Å². The lowest BCUT2D eigenvalue weighted by atomic mass is 9.95. The van der Waals surface area contributed by atoms with Gasteiger partial charge in [0.2, 0.25) is 0 Å². The van der Waals surface area contributed by atoms with Gasteiger partial charge in [0, 0.05) is 22.3 Å². The predicted octanol–water partition coefficient (Wildman–Crippen LogP) is 6.31. The number of carbonyl (C=O) groups is 4. The molecule has 0 aromatic heterocycles. The molecule has 0 bridgehead atoms. The van der Waals surface area contributed by atoms with Crippen LogP contribution in [0.3, 0.4) is 0 Å². The quantitative estimate of drug-likeness (QED) is 0.173. The Labute approximate surface area is 220 Å². The summed E-state index contributed by atoms with van der Waals surface area (Å²) in [5, 5.41) is 0. The molecule has 0 saturated heterocycles. The van der Waals surface area contributed by atoms with Crippen LogP contribution >= 0.6 is 0 Å². The summed E-state index contributed by atoms with van der Waals surface area (Å²) in [6.07, 6.45) is 0. The van der Waals surface area contributed by atoms with Crippen LogP contribution in [-0.2, 0) is 9.78 Å². The molecule has 0 radical (unpaired) electrons. The molecule has 0 amide bonds. The first-order valence-electron chi connectivity index (χ1n) is 12.0. The number of carbonyl (C=O) groups excluding carboxylic acids is 4. The van der Waals surface area contributed by atoms with Crippen molar-refractivity contribution < 1.29 is 29.0 Å². The van der Waals surface area contributed by atoms with Crippen LogP contribution in [0.1, 0.15) is 74.8 Å². The summed E-state index contributed by atoms with van der Waals surface area (Å²) in [4.78, 5) is 61.3. The van der Waals surface area contributed by atoms with E-state index in [1.165, 1.54) is 12.1 Å². The van der Waals surface area contributed by atoms with Crippen molar-refractivity contribution in [2.45, 2.75) is 27.7 Å². The molecule has 0 heterocycles. The van der Waals surface area contributed by atoms with Crippen molar-refractivity contribution in [2.24, 2.45) is 0 Å². The number of aryl methyl sites for hydroxylation is 2. The van der Waals surface area contributed by atoms with Crippen molar-refractivity contribution in [1.29, 1.82) is 0 Å². The highest BCUT2D eigenvalue weighted by atomic mass is 17.2. The number of rotatable bonds is 6. The lowest BCUT2D eigenvalue weighted by molar-refractivity contribution is -0.187. The van der Waals surface area contributed by atoms with Crippen LogP contribution in [0, 0.1) is 27.7 Å². The summed E-state index contributed by atoms with van der Waals surface area (Å²) in [5.74, 6) is -2.30. The highest BCUT2D eigenvalue weighted by molar-refractivity contribution is 6.12. The molecule has 38 heavy (non-hydrogen) atoms. The van der Waals surface area contributed by atoms with Crippen molar-refractivity contribution >= 4 is 23.5 Å². The molecular formula is C32H26O6. The SMILES string of the molecule is Cc1cccc(C(=O)c2cccc(C(=O)OOC(=O)c3cccc(C(=O)c4cccc(C)c4)c3C)c2C)c1. The average Bonchev–Trinajstić information content (AvgIpc) is 2.91. The molecule has 6 nitrogen and oxygen atoms in total. The Bertz CT molecular complexity index is 1460. The van der Waals surface area contributed by atoms with E-state index in [2.05, 4.69) is 0 Å². The van der Waals surface area contributed by atoms with Crippen LogP contribution in [-0.4, -0.2) is 23.5 Å². The Morgan fingerprint density at radius 1 is 0.474 bits per heavy atom. The molecule has 0 aliphatic rings. The summed E-state index contributed by atoms with van der Waals surface area (Å²) in [7, 11) is 0. The molecule has 0 saturated carbocycles. The Balaban J connectivity index is 1.51. The molecule has 0 spiro atoms. The molecule has 4 aromatic carbocycles. The smallest absolute Gasteiger partial charge is 0.289 e. The van der Waals surface area contributed by atoms with E-state index in [1.54, 1.807) is 74.5 Å². The summed E-state index contributed by atoms with van der Waals surface area (Å²) >= 11 is 0. The molecule has 0 aliphatic carbocycles. The van der Waals surface area contributed by atoms with Crippen molar-refractivity contribution in [3.05, 3.63) is 141 Å². The molecule has 0 aliphatic heterocycles. The molecule has 0 N–H and O–H groups in total. The summed E-state index contributed by atoms with van der Waals surface area (Å²) in [6.45, 7) is 7.04. The Kier molecular flexibility index (Phi) is 7.63. The van der Waals surface area contributed by atoms with Gasteiger partial charge in [-0.2, -0.15) is 0 Å². The first kappa shape index (κ1) is 26.2. The van der Waals surface area contributed by atoms with Gasteiger partial charge in [-0.25, -0.2) is 19.4 Å². The van der Waals surface area contributed by atoms with E-state index >= 15 is 0 Å². The van der Waals surface area contributed by atoms with Gasteiger partial charge in [-0.1, -0.05) is 71.8 Å². The number of benzene rings is 4. The summed E-state index contributed by atoms with van der Waals surface area (Å²) in [6, 6.07) is 23.7. The van der Waals surface area contributed by atoms with Gasteiger partial charge >= 0.3 is 11.9 Å². The third-order valence-electron chi connectivity index (χ3n) is 6.35. The predicted molar refractivity (Wildman–Crippen MR) is 142 cm³/mol. The fraction of sp³-hybridized carbons (Fsp3) is 0.125. The number of hydrogen-bond donors (Lipinski definition) is 0. The highest BCUT2D eigenvalue weighted by Crippen LogP contribution is 2.22. The van der Waals surface area contributed by atoms with Crippen LogP contribution in [0.5, 0.6) is 0 Å². The minimum atomic E-state index is -0.917. The zero-order valence-electron chi connectivity index (χ0n) is 21.5. The van der Waals surface area contributed by atoms with Crippen LogP contribution in [0.2, 0.25) is 0 Å². The molecule has 190 valence electrons. The van der Waals surface area contributed by atoms with Crippen LogP contribution < -0.4 is 0 Å². The van der Waals surface area contributed by atoms with Gasteiger partial charge < -0.3 is 0 Å². The van der Waals surface area contributed by atoms with Crippen molar-refractivity contribution in [3.63, 3.8) is 0 Å². The lowest BCUT2D eigenvalue weighted by Crippen LogP contribution is -2.16. The van der Waals surface area contributed by atoms with E-state index < -0.39 is 11.9 Å². The first-order chi connectivity index (χ1) is 18.2. The maximum absolute atomic E-state index is 13.0. The zero-order valence-corrected chi connectivity index (χ0v) is 21.5. The normalized spacial score (nSPS) is 10.5.